The van der Waals surface area contributed by atoms with E-state index in [0.29, 0.717) is 42.7 Å². The predicted octanol–water partition coefficient (Wildman–Crippen LogP) is 2.58. The molecule has 0 atom stereocenters. The summed E-state index contributed by atoms with van der Waals surface area (Å²) in [6.07, 6.45) is 4.80. The quantitative estimate of drug-likeness (QED) is 0.700. The fourth-order valence-corrected chi connectivity index (χ4v) is 3.57. The molecule has 8 heteroatoms. The van der Waals surface area contributed by atoms with Crippen molar-refractivity contribution in [3.63, 3.8) is 0 Å². The number of hydrogen-bond acceptors (Lipinski definition) is 5. The fourth-order valence-electron chi connectivity index (χ4n) is 3.57. The molecule has 0 bridgehead atoms. The van der Waals surface area contributed by atoms with Gasteiger partial charge in [0.15, 0.2) is 0 Å². The zero-order valence-corrected chi connectivity index (χ0v) is 16.2. The van der Waals surface area contributed by atoms with Crippen LogP contribution in [0.2, 0.25) is 0 Å². The molecule has 0 unspecified atom stereocenters. The summed E-state index contributed by atoms with van der Waals surface area (Å²) >= 11 is 0. The monoisotopic (exact) mass is 404 g/mol. The Morgan fingerprint density at radius 1 is 1.20 bits per heavy atom. The Hall–Kier alpha value is -3.70. The summed E-state index contributed by atoms with van der Waals surface area (Å²) in [6, 6.07) is 12.8. The molecule has 3 heterocycles. The highest BCUT2D eigenvalue weighted by atomic mass is 16.5. The number of carbonyl (C=O) groups excluding carboxylic acids is 1. The molecule has 0 spiro atoms. The number of rotatable bonds is 5. The highest BCUT2D eigenvalue weighted by molar-refractivity contribution is 5.95. The number of nitriles is 1. The predicted molar refractivity (Wildman–Crippen MR) is 108 cm³/mol. The van der Waals surface area contributed by atoms with Gasteiger partial charge in [0.05, 0.1) is 23.4 Å². The van der Waals surface area contributed by atoms with E-state index in [1.165, 1.54) is 0 Å². The highest BCUT2D eigenvalue weighted by Gasteiger charge is 2.25. The normalized spacial score (nSPS) is 14.6. The van der Waals surface area contributed by atoms with Crippen molar-refractivity contribution in [2.75, 3.05) is 19.7 Å². The Balaban J connectivity index is 1.46. The second-order valence-electron chi connectivity index (χ2n) is 7.19. The number of carboxylic acids is 1. The van der Waals surface area contributed by atoms with Crippen LogP contribution in [0.5, 0.6) is 0 Å². The van der Waals surface area contributed by atoms with Crippen LogP contribution in [-0.2, 0) is 9.53 Å². The summed E-state index contributed by atoms with van der Waals surface area (Å²) in [6.45, 7) is 0.745. The number of carbonyl (C=O) groups is 2. The summed E-state index contributed by atoms with van der Waals surface area (Å²) < 4.78 is 7.18. The molecular formula is C22H20N4O4. The second-order valence-corrected chi connectivity index (χ2v) is 7.19. The number of pyridine rings is 1. The van der Waals surface area contributed by atoms with E-state index in [1.807, 2.05) is 28.9 Å². The van der Waals surface area contributed by atoms with E-state index in [-0.39, 0.29) is 18.6 Å². The van der Waals surface area contributed by atoms with E-state index in [9.17, 15) is 9.59 Å². The molecule has 1 aromatic carbocycles. The maximum atomic E-state index is 12.9. The van der Waals surface area contributed by atoms with E-state index in [1.54, 1.807) is 29.2 Å². The van der Waals surface area contributed by atoms with Crippen LogP contribution >= 0.6 is 0 Å². The molecule has 1 saturated heterocycles. The number of piperidine rings is 1. The van der Waals surface area contributed by atoms with Crippen molar-refractivity contribution in [2.45, 2.75) is 18.9 Å². The Bertz CT molecular complexity index is 1120. The van der Waals surface area contributed by atoms with Crippen LogP contribution < -0.4 is 0 Å². The van der Waals surface area contributed by atoms with Crippen molar-refractivity contribution in [2.24, 2.45) is 0 Å². The first-order chi connectivity index (χ1) is 14.5. The molecule has 0 aliphatic carbocycles. The second kappa shape index (κ2) is 8.35. The van der Waals surface area contributed by atoms with E-state index < -0.39 is 5.97 Å². The van der Waals surface area contributed by atoms with Gasteiger partial charge in [0.25, 0.3) is 5.91 Å². The largest absolute Gasteiger partial charge is 0.480 e. The summed E-state index contributed by atoms with van der Waals surface area (Å²) in [5, 5.41) is 17.6. The fraction of sp³-hybridized carbons (Fsp3) is 0.273. The third-order valence-corrected chi connectivity index (χ3v) is 5.19. The number of benzene rings is 1. The molecule has 30 heavy (non-hydrogen) atoms. The molecule has 1 N–H and O–H groups in total. The lowest BCUT2D eigenvalue weighted by Crippen LogP contribution is -2.41. The Labute approximate surface area is 172 Å². The van der Waals surface area contributed by atoms with Crippen LogP contribution in [0.1, 0.15) is 28.8 Å². The number of likely N-dealkylation sites (tertiary alicyclic amines) is 1. The topological polar surface area (TPSA) is 108 Å². The molecule has 1 fully saturated rings. The van der Waals surface area contributed by atoms with Crippen molar-refractivity contribution < 1.29 is 19.4 Å². The van der Waals surface area contributed by atoms with Gasteiger partial charge in [0.2, 0.25) is 0 Å². The average molecular weight is 404 g/mol. The minimum Gasteiger partial charge on any atom is -0.480 e. The highest BCUT2D eigenvalue weighted by Crippen LogP contribution is 2.21. The SMILES string of the molecule is N#Cc1ccc(-c2cn3ccc(C(=O)N4CCC(OCC(=O)O)CC4)cc3n2)cc1. The molecule has 2 aromatic heterocycles. The van der Waals surface area contributed by atoms with Crippen molar-refractivity contribution in [1.29, 1.82) is 5.26 Å². The average Bonchev–Trinajstić information content (AvgIpc) is 3.21. The molecule has 1 aliphatic heterocycles. The molecule has 3 aromatic rings. The van der Waals surface area contributed by atoms with Crippen molar-refractivity contribution in [1.82, 2.24) is 14.3 Å². The number of aliphatic carboxylic acids is 1. The first-order valence-corrected chi connectivity index (χ1v) is 9.65. The lowest BCUT2D eigenvalue weighted by Gasteiger charge is -2.31. The molecule has 1 amide bonds. The van der Waals surface area contributed by atoms with Crippen molar-refractivity contribution >= 4 is 17.5 Å². The molecule has 8 nitrogen and oxygen atoms in total. The lowest BCUT2D eigenvalue weighted by atomic mass is 10.1. The number of carboxylic acid groups (broad SMARTS) is 1. The molecule has 152 valence electrons. The smallest absolute Gasteiger partial charge is 0.329 e. The van der Waals surface area contributed by atoms with Gasteiger partial charge in [-0.3, -0.25) is 4.79 Å². The van der Waals surface area contributed by atoms with E-state index in [2.05, 4.69) is 11.1 Å². The zero-order chi connectivity index (χ0) is 21.1. The van der Waals surface area contributed by atoms with Crippen LogP contribution in [0.15, 0.2) is 48.8 Å². The van der Waals surface area contributed by atoms with Gasteiger partial charge in [-0.15, -0.1) is 0 Å². The molecule has 1 aliphatic rings. The first-order valence-electron chi connectivity index (χ1n) is 9.65. The number of fused-ring (bicyclic) bond motifs is 1. The van der Waals surface area contributed by atoms with E-state index in [0.717, 1.165) is 11.3 Å². The molecule has 0 saturated carbocycles. The van der Waals surface area contributed by atoms with Crippen molar-refractivity contribution in [3.05, 3.63) is 59.9 Å². The summed E-state index contributed by atoms with van der Waals surface area (Å²) in [7, 11) is 0. The van der Waals surface area contributed by atoms with Gasteiger partial charge >= 0.3 is 5.97 Å². The Morgan fingerprint density at radius 2 is 1.93 bits per heavy atom. The number of ether oxygens (including phenoxy) is 1. The number of hydrogen-bond donors (Lipinski definition) is 1. The van der Waals surface area contributed by atoms with E-state index in [4.69, 9.17) is 15.1 Å². The van der Waals surface area contributed by atoms with Crippen LogP contribution in [0.25, 0.3) is 16.9 Å². The Morgan fingerprint density at radius 3 is 2.60 bits per heavy atom. The number of aromatic nitrogens is 2. The Kier molecular flexibility index (Phi) is 5.46. The minimum atomic E-state index is -0.984. The summed E-state index contributed by atoms with van der Waals surface area (Å²) in [5.41, 5.74) is 3.48. The molecule has 0 radical (unpaired) electrons. The number of nitrogens with zero attached hydrogens (tertiary/aromatic N) is 4. The summed E-state index contributed by atoms with van der Waals surface area (Å²) in [5.74, 6) is -1.06. The van der Waals surface area contributed by atoms with Gasteiger partial charge < -0.3 is 19.1 Å². The lowest BCUT2D eigenvalue weighted by molar-refractivity contribution is -0.145. The maximum absolute atomic E-state index is 12.9. The van der Waals surface area contributed by atoms with Gasteiger partial charge in [-0.05, 0) is 37.1 Å². The van der Waals surface area contributed by atoms with Gasteiger partial charge in [0, 0.05) is 36.6 Å². The minimum absolute atomic E-state index is 0.0721. The number of amides is 1. The van der Waals surface area contributed by atoms with Crippen LogP contribution in [0.4, 0.5) is 0 Å². The van der Waals surface area contributed by atoms with Crippen LogP contribution in [-0.4, -0.2) is 57.1 Å². The summed E-state index contributed by atoms with van der Waals surface area (Å²) in [4.78, 5) is 29.9. The third kappa shape index (κ3) is 4.16. The van der Waals surface area contributed by atoms with Gasteiger partial charge in [0.1, 0.15) is 12.3 Å². The first kappa shape index (κ1) is 19.6. The van der Waals surface area contributed by atoms with Crippen LogP contribution in [0, 0.1) is 11.3 Å². The van der Waals surface area contributed by atoms with Gasteiger partial charge in [-0.2, -0.15) is 5.26 Å². The third-order valence-electron chi connectivity index (χ3n) is 5.19. The number of imidazole rings is 1. The standard InChI is InChI=1S/C22H20N4O4/c23-12-15-1-3-16(4-2-15)19-13-26-8-5-17(11-20(26)24-19)22(29)25-9-6-18(7-10-25)30-14-21(27)28/h1-5,8,11,13,18H,6-7,9-10,14H2,(H,27,28). The van der Waals surface area contributed by atoms with E-state index >= 15 is 0 Å². The van der Waals surface area contributed by atoms with Gasteiger partial charge in [-0.1, -0.05) is 12.1 Å². The van der Waals surface area contributed by atoms with Crippen molar-refractivity contribution in [3.8, 4) is 17.3 Å². The molecule has 4 rings (SSSR count). The van der Waals surface area contributed by atoms with Gasteiger partial charge in [-0.25, -0.2) is 9.78 Å². The molecular weight excluding hydrogens is 384 g/mol. The maximum Gasteiger partial charge on any atom is 0.329 e. The van der Waals surface area contributed by atoms with Crippen LogP contribution in [0.3, 0.4) is 0 Å². The zero-order valence-electron chi connectivity index (χ0n) is 16.2.